The van der Waals surface area contributed by atoms with Crippen LogP contribution in [0, 0.1) is 0 Å². The van der Waals surface area contributed by atoms with Gasteiger partial charge in [0.15, 0.2) is 11.6 Å². The van der Waals surface area contributed by atoms with Crippen LogP contribution in [0.15, 0.2) is 30.5 Å². The molecule has 0 aliphatic carbocycles. The number of amides is 1. The number of hydrogen-bond acceptors (Lipinski definition) is 7. The number of morpholine rings is 1. The highest BCUT2D eigenvalue weighted by atomic mass is 32.1. The molecule has 1 atom stereocenters. The van der Waals surface area contributed by atoms with Gasteiger partial charge in [-0.05, 0) is 18.1 Å². The van der Waals surface area contributed by atoms with E-state index in [0.717, 1.165) is 50.5 Å². The van der Waals surface area contributed by atoms with Gasteiger partial charge in [-0.2, -0.15) is 5.10 Å². The summed E-state index contributed by atoms with van der Waals surface area (Å²) in [6, 6.07) is 8.05. The average molecular weight is 423 g/mol. The van der Waals surface area contributed by atoms with Crippen LogP contribution >= 0.6 is 11.3 Å². The number of nitrogens with zero attached hydrogens (tertiary/aromatic N) is 4. The molecule has 0 spiro atoms. The molecule has 1 aliphatic heterocycles. The van der Waals surface area contributed by atoms with E-state index in [1.54, 1.807) is 17.5 Å². The molecule has 30 heavy (non-hydrogen) atoms. The number of carbonyl (C=O) groups is 1. The van der Waals surface area contributed by atoms with E-state index < -0.39 is 0 Å². The van der Waals surface area contributed by atoms with Gasteiger partial charge in [0.05, 0.1) is 35.1 Å². The smallest absolute Gasteiger partial charge is 0.218 e. The minimum absolute atomic E-state index is 0.0417. The molecule has 4 aromatic rings. The van der Waals surface area contributed by atoms with Gasteiger partial charge in [0.1, 0.15) is 0 Å². The first-order chi connectivity index (χ1) is 14.6. The molecule has 1 saturated heterocycles. The largest absolute Gasteiger partial charge is 0.378 e. The highest BCUT2D eigenvalue weighted by Gasteiger charge is 2.22. The molecule has 1 unspecified atom stereocenters. The highest BCUT2D eigenvalue weighted by molar-refractivity contribution is 7.19. The van der Waals surface area contributed by atoms with E-state index in [9.17, 15) is 4.79 Å². The molecular weight excluding hydrogens is 400 g/mol. The van der Waals surface area contributed by atoms with Crippen LogP contribution in [0.5, 0.6) is 0 Å². The van der Waals surface area contributed by atoms with Crippen LogP contribution < -0.4 is 10.6 Å². The minimum Gasteiger partial charge on any atom is -0.378 e. The quantitative estimate of drug-likeness (QED) is 0.511. The van der Waals surface area contributed by atoms with Gasteiger partial charge in [0.25, 0.3) is 0 Å². The van der Waals surface area contributed by atoms with Crippen LogP contribution in [-0.4, -0.2) is 52.4 Å². The predicted octanol–water partition coefficient (Wildman–Crippen LogP) is 3.05. The number of nitrogens with one attached hydrogen (secondary N) is 1. The Morgan fingerprint density at radius 2 is 2.17 bits per heavy atom. The van der Waals surface area contributed by atoms with E-state index in [1.807, 2.05) is 25.1 Å². The molecule has 1 amide bonds. The first-order valence-electron chi connectivity index (χ1n) is 9.95. The van der Waals surface area contributed by atoms with E-state index in [2.05, 4.69) is 21.2 Å². The number of primary amides is 1. The fourth-order valence-electron chi connectivity index (χ4n) is 3.85. The standard InChI is InChI=1S/C21H22N6O2S/c1-12(9-18(22)28)17-10-16-19(30-17)21(27-5-7-29-8-6-27)25-20(24-16)13-3-2-4-15-14(13)11-23-26-15/h2-4,10-12H,5-9H2,1H3,(H2,22,28)(H,23,26). The lowest BCUT2D eigenvalue weighted by Crippen LogP contribution is -2.36. The van der Waals surface area contributed by atoms with Crippen molar-refractivity contribution in [2.75, 3.05) is 31.2 Å². The predicted molar refractivity (Wildman–Crippen MR) is 118 cm³/mol. The molecule has 3 N–H and O–H groups in total. The number of fused-ring (bicyclic) bond motifs is 2. The first kappa shape index (κ1) is 19.0. The Balaban J connectivity index is 1.68. The van der Waals surface area contributed by atoms with Gasteiger partial charge in [-0.15, -0.1) is 11.3 Å². The number of aromatic nitrogens is 4. The second-order valence-electron chi connectivity index (χ2n) is 7.54. The van der Waals surface area contributed by atoms with E-state index >= 15 is 0 Å². The van der Waals surface area contributed by atoms with Gasteiger partial charge < -0.3 is 15.4 Å². The monoisotopic (exact) mass is 422 g/mol. The SMILES string of the molecule is CC(CC(N)=O)c1cc2nc(-c3cccc4[nH]ncc34)nc(N3CCOCC3)c2s1. The molecule has 1 fully saturated rings. The zero-order valence-electron chi connectivity index (χ0n) is 16.6. The number of benzene rings is 1. The number of carbonyl (C=O) groups excluding carboxylic acids is 1. The van der Waals surface area contributed by atoms with Crippen molar-refractivity contribution in [2.45, 2.75) is 19.3 Å². The summed E-state index contributed by atoms with van der Waals surface area (Å²) in [5.74, 6) is 1.33. The second kappa shape index (κ2) is 7.66. The number of rotatable bonds is 5. The van der Waals surface area contributed by atoms with E-state index in [4.69, 9.17) is 20.4 Å². The van der Waals surface area contributed by atoms with E-state index in [1.165, 1.54) is 0 Å². The number of ether oxygens (including phenoxy) is 1. The molecule has 9 heteroatoms. The van der Waals surface area contributed by atoms with Gasteiger partial charge in [-0.1, -0.05) is 19.1 Å². The summed E-state index contributed by atoms with van der Waals surface area (Å²) in [6.45, 7) is 4.93. The van der Waals surface area contributed by atoms with Crippen molar-refractivity contribution in [2.24, 2.45) is 5.73 Å². The summed E-state index contributed by atoms with van der Waals surface area (Å²) in [7, 11) is 0. The number of H-pyrrole nitrogens is 1. The molecule has 0 radical (unpaired) electrons. The van der Waals surface area contributed by atoms with Crippen LogP contribution in [0.25, 0.3) is 32.5 Å². The van der Waals surface area contributed by atoms with Gasteiger partial charge in [-0.25, -0.2) is 9.97 Å². The number of aromatic amines is 1. The number of hydrogen-bond donors (Lipinski definition) is 2. The maximum atomic E-state index is 11.4. The number of nitrogens with two attached hydrogens (primary N) is 1. The van der Waals surface area contributed by atoms with E-state index in [-0.39, 0.29) is 11.8 Å². The Hall–Kier alpha value is -3.04. The van der Waals surface area contributed by atoms with Gasteiger partial charge >= 0.3 is 0 Å². The fraction of sp³-hybridized carbons (Fsp3) is 0.333. The van der Waals surface area contributed by atoms with Crippen molar-refractivity contribution in [3.05, 3.63) is 35.3 Å². The summed E-state index contributed by atoms with van der Waals surface area (Å²) < 4.78 is 6.57. The summed E-state index contributed by atoms with van der Waals surface area (Å²) in [4.78, 5) is 24.7. The lowest BCUT2D eigenvalue weighted by atomic mass is 10.1. The lowest BCUT2D eigenvalue weighted by Gasteiger charge is -2.28. The van der Waals surface area contributed by atoms with Crippen molar-refractivity contribution in [1.29, 1.82) is 0 Å². The molecule has 8 nitrogen and oxygen atoms in total. The zero-order valence-corrected chi connectivity index (χ0v) is 17.4. The molecule has 5 rings (SSSR count). The normalized spacial score (nSPS) is 15.7. The maximum absolute atomic E-state index is 11.4. The summed E-state index contributed by atoms with van der Waals surface area (Å²) in [5, 5.41) is 8.16. The van der Waals surface area contributed by atoms with Crippen LogP contribution in [-0.2, 0) is 9.53 Å². The molecule has 3 aromatic heterocycles. The lowest BCUT2D eigenvalue weighted by molar-refractivity contribution is -0.118. The average Bonchev–Trinajstić information content (AvgIpc) is 3.40. The van der Waals surface area contributed by atoms with E-state index in [0.29, 0.717) is 25.5 Å². The zero-order chi connectivity index (χ0) is 20.7. The van der Waals surface area contributed by atoms with Gasteiger partial charge in [0.2, 0.25) is 5.91 Å². The summed E-state index contributed by atoms with van der Waals surface area (Å²) in [6.07, 6.45) is 2.12. The second-order valence-corrected chi connectivity index (χ2v) is 8.63. The topological polar surface area (TPSA) is 110 Å². The fourth-order valence-corrected chi connectivity index (χ4v) is 5.02. The van der Waals surface area contributed by atoms with Crippen LogP contribution in [0.3, 0.4) is 0 Å². The third-order valence-electron chi connectivity index (χ3n) is 5.40. The van der Waals surface area contributed by atoms with Crippen LogP contribution in [0.2, 0.25) is 0 Å². The Labute approximate surface area is 177 Å². The molecule has 1 aliphatic rings. The third kappa shape index (κ3) is 3.40. The Morgan fingerprint density at radius 3 is 2.97 bits per heavy atom. The number of thiophene rings is 1. The van der Waals surface area contributed by atoms with Crippen molar-refractivity contribution in [3.63, 3.8) is 0 Å². The first-order valence-corrected chi connectivity index (χ1v) is 10.8. The van der Waals surface area contributed by atoms with Crippen molar-refractivity contribution in [1.82, 2.24) is 20.2 Å². The molecule has 0 bridgehead atoms. The molecule has 1 aromatic carbocycles. The van der Waals surface area contributed by atoms with Crippen molar-refractivity contribution < 1.29 is 9.53 Å². The molecular formula is C21H22N6O2S. The minimum atomic E-state index is -0.299. The highest BCUT2D eigenvalue weighted by Crippen LogP contribution is 2.38. The van der Waals surface area contributed by atoms with Crippen LogP contribution in [0.1, 0.15) is 24.1 Å². The van der Waals surface area contributed by atoms with Gasteiger partial charge in [0, 0.05) is 35.3 Å². The molecule has 154 valence electrons. The molecule has 0 saturated carbocycles. The van der Waals surface area contributed by atoms with Gasteiger partial charge in [-0.3, -0.25) is 9.89 Å². The molecule has 4 heterocycles. The van der Waals surface area contributed by atoms with Crippen LogP contribution in [0.4, 0.5) is 5.82 Å². The Morgan fingerprint density at radius 1 is 1.33 bits per heavy atom. The third-order valence-corrected chi connectivity index (χ3v) is 6.75. The van der Waals surface area contributed by atoms with Crippen molar-refractivity contribution >= 4 is 44.2 Å². The summed E-state index contributed by atoms with van der Waals surface area (Å²) in [5.41, 5.74) is 8.20. The number of anilines is 1. The summed E-state index contributed by atoms with van der Waals surface area (Å²) >= 11 is 1.64. The maximum Gasteiger partial charge on any atom is 0.218 e. The van der Waals surface area contributed by atoms with Crippen molar-refractivity contribution in [3.8, 4) is 11.4 Å². The Kier molecular flexibility index (Phi) is 4.84. The Bertz CT molecular complexity index is 1230.